The van der Waals surface area contributed by atoms with Crippen molar-refractivity contribution in [3.8, 4) is 0 Å². The maximum atomic E-state index is 14.8. The molecule has 0 unspecified atom stereocenters. The monoisotopic (exact) mass is 397 g/mol. The lowest BCUT2D eigenvalue weighted by Crippen LogP contribution is -2.30. The second-order valence-corrected chi connectivity index (χ2v) is 8.12. The van der Waals surface area contributed by atoms with E-state index in [0.29, 0.717) is 22.1 Å². The molecule has 2 aromatic rings. The topological polar surface area (TPSA) is 106 Å². The number of allylic oxidation sites excluding steroid dienone is 1. The normalized spacial score (nSPS) is 21.3. The third-order valence-corrected chi connectivity index (χ3v) is 6.08. The smallest absolute Gasteiger partial charge is 0.274 e. The van der Waals surface area contributed by atoms with Crippen molar-refractivity contribution >= 4 is 34.2 Å². The van der Waals surface area contributed by atoms with Gasteiger partial charge in [-0.2, -0.15) is 0 Å². The van der Waals surface area contributed by atoms with Crippen molar-refractivity contribution in [2.75, 3.05) is 11.1 Å². The Labute approximate surface area is 166 Å². The number of rotatable bonds is 3. The molecule has 2 heterocycles. The summed E-state index contributed by atoms with van der Waals surface area (Å²) in [6.07, 6.45) is 4.22. The van der Waals surface area contributed by atoms with Crippen LogP contribution in [0.15, 0.2) is 52.0 Å². The largest absolute Gasteiger partial charge is 0.397 e. The Morgan fingerprint density at radius 3 is 2.82 bits per heavy atom. The van der Waals surface area contributed by atoms with E-state index in [4.69, 9.17) is 11.5 Å². The van der Waals surface area contributed by atoms with E-state index >= 15 is 0 Å². The first-order valence-electron chi connectivity index (χ1n) is 8.95. The van der Waals surface area contributed by atoms with Crippen LogP contribution in [-0.2, 0) is 5.54 Å². The van der Waals surface area contributed by atoms with Gasteiger partial charge in [0.25, 0.3) is 5.91 Å². The number of hydrogen-bond donors (Lipinski definition) is 3. The van der Waals surface area contributed by atoms with Crippen molar-refractivity contribution in [3.63, 3.8) is 0 Å². The predicted octanol–water partition coefficient (Wildman–Crippen LogP) is 3.77. The van der Waals surface area contributed by atoms with Crippen LogP contribution in [0.4, 0.5) is 15.8 Å². The minimum Gasteiger partial charge on any atom is -0.397 e. The van der Waals surface area contributed by atoms with Gasteiger partial charge in [-0.3, -0.25) is 4.79 Å². The fraction of sp³-hybridized carbons (Fsp3) is 0.250. The number of aliphatic imine (C=N–C) groups is 1. The minimum absolute atomic E-state index is 0.225. The predicted molar refractivity (Wildman–Crippen MR) is 110 cm³/mol. The number of nitrogen functional groups attached to an aromatic ring is 1. The number of hydrogen-bond acceptors (Lipinski definition) is 6. The Balaban J connectivity index is 1.68. The maximum absolute atomic E-state index is 14.8. The third-order valence-electron chi connectivity index (χ3n) is 5.08. The first-order chi connectivity index (χ1) is 13.4. The second-order valence-electron chi connectivity index (χ2n) is 7.01. The van der Waals surface area contributed by atoms with Crippen LogP contribution in [-0.4, -0.2) is 16.1 Å². The van der Waals surface area contributed by atoms with Crippen LogP contribution in [0, 0.1) is 5.82 Å². The van der Waals surface area contributed by atoms with Crippen molar-refractivity contribution in [3.05, 3.63) is 64.1 Å². The van der Waals surface area contributed by atoms with E-state index in [-0.39, 0.29) is 11.5 Å². The summed E-state index contributed by atoms with van der Waals surface area (Å²) in [6, 6.07) is 7.63. The van der Waals surface area contributed by atoms with Gasteiger partial charge in [0.05, 0.1) is 11.9 Å². The Morgan fingerprint density at radius 1 is 1.25 bits per heavy atom. The first-order valence-corrected chi connectivity index (χ1v) is 9.77. The lowest BCUT2D eigenvalue weighted by molar-refractivity contribution is 0.102. The van der Waals surface area contributed by atoms with E-state index in [0.717, 1.165) is 24.8 Å². The molecule has 28 heavy (non-hydrogen) atoms. The number of benzene rings is 1. The quantitative estimate of drug-likeness (QED) is 0.731. The van der Waals surface area contributed by atoms with Crippen LogP contribution in [0.2, 0.25) is 0 Å². The molecule has 0 fully saturated rings. The molecule has 6 nitrogen and oxygen atoms in total. The van der Waals surface area contributed by atoms with Crippen LogP contribution in [0.5, 0.6) is 0 Å². The molecule has 144 valence electrons. The number of amides is 1. The number of halogens is 1. The van der Waals surface area contributed by atoms with Gasteiger partial charge < -0.3 is 16.8 Å². The molecule has 0 saturated carbocycles. The molecule has 1 aromatic heterocycles. The molecular formula is C20H20FN5OS. The van der Waals surface area contributed by atoms with Gasteiger partial charge in [0.15, 0.2) is 5.17 Å². The number of aromatic nitrogens is 1. The zero-order valence-corrected chi connectivity index (χ0v) is 16.1. The molecule has 4 rings (SSSR count). The number of nitrogens with two attached hydrogens (primary N) is 2. The zero-order chi connectivity index (χ0) is 19.9. The second kappa shape index (κ2) is 6.94. The minimum atomic E-state index is -0.870. The van der Waals surface area contributed by atoms with Crippen molar-refractivity contribution in [2.45, 2.75) is 31.7 Å². The molecule has 0 radical (unpaired) electrons. The molecule has 0 saturated heterocycles. The standard InChI is InChI=1S/C20H20FN5OS/c1-20(13-3-2-4-17(13)28-19(23)26-20)14-9-12(6-7-15(14)21)25-18(27)16-8-5-11(22)10-24-16/h5-10H,2-4,22H2,1H3,(H2,23,26)(H,25,27)/t20-/m0/s1. The summed E-state index contributed by atoms with van der Waals surface area (Å²) in [6.45, 7) is 1.88. The van der Waals surface area contributed by atoms with Crippen LogP contribution in [0.1, 0.15) is 42.2 Å². The summed E-state index contributed by atoms with van der Waals surface area (Å²) in [5, 5.41) is 3.20. The molecule has 8 heteroatoms. The lowest BCUT2D eigenvalue weighted by Gasteiger charge is -2.33. The van der Waals surface area contributed by atoms with Gasteiger partial charge in [0, 0.05) is 11.3 Å². The molecule has 1 atom stereocenters. The van der Waals surface area contributed by atoms with Gasteiger partial charge in [-0.05, 0) is 67.0 Å². The average Bonchev–Trinajstić information content (AvgIpc) is 3.13. The van der Waals surface area contributed by atoms with E-state index in [9.17, 15) is 9.18 Å². The van der Waals surface area contributed by atoms with Gasteiger partial charge in [0.1, 0.15) is 17.1 Å². The van der Waals surface area contributed by atoms with E-state index in [2.05, 4.69) is 15.3 Å². The highest BCUT2D eigenvalue weighted by atomic mass is 32.2. The molecule has 1 aromatic carbocycles. The summed E-state index contributed by atoms with van der Waals surface area (Å²) in [7, 11) is 0. The number of carbonyl (C=O) groups excluding carboxylic acids is 1. The van der Waals surface area contributed by atoms with Crippen LogP contribution in [0.3, 0.4) is 0 Å². The summed E-state index contributed by atoms with van der Waals surface area (Å²) >= 11 is 1.47. The number of nitrogens with zero attached hydrogens (tertiary/aromatic N) is 2. The molecule has 5 N–H and O–H groups in total. The van der Waals surface area contributed by atoms with Gasteiger partial charge in [0.2, 0.25) is 0 Å². The van der Waals surface area contributed by atoms with Crippen LogP contribution >= 0.6 is 11.8 Å². The van der Waals surface area contributed by atoms with Gasteiger partial charge in [-0.15, -0.1) is 0 Å². The Hall–Kier alpha value is -2.87. The van der Waals surface area contributed by atoms with Crippen LogP contribution < -0.4 is 16.8 Å². The van der Waals surface area contributed by atoms with E-state index in [1.165, 1.54) is 41.1 Å². The van der Waals surface area contributed by atoms with Gasteiger partial charge >= 0.3 is 0 Å². The lowest BCUT2D eigenvalue weighted by atomic mass is 9.83. The summed E-state index contributed by atoms with van der Waals surface area (Å²) in [5.74, 6) is -0.779. The van der Waals surface area contributed by atoms with Gasteiger partial charge in [-0.25, -0.2) is 14.4 Å². The number of thioether (sulfide) groups is 1. The maximum Gasteiger partial charge on any atom is 0.274 e. The molecule has 1 aliphatic heterocycles. The SMILES string of the molecule is C[C@]1(c2cc(NC(=O)c3ccc(N)cn3)ccc2F)N=C(N)SC2=C1CCC2. The van der Waals surface area contributed by atoms with E-state index < -0.39 is 11.4 Å². The number of amidine groups is 1. The van der Waals surface area contributed by atoms with Crippen molar-refractivity contribution in [1.29, 1.82) is 0 Å². The van der Waals surface area contributed by atoms with Gasteiger partial charge in [-0.1, -0.05) is 11.8 Å². The molecule has 2 aliphatic rings. The van der Waals surface area contributed by atoms with E-state index in [1.807, 2.05) is 6.92 Å². The van der Waals surface area contributed by atoms with Crippen molar-refractivity contribution in [2.24, 2.45) is 10.7 Å². The number of anilines is 2. The van der Waals surface area contributed by atoms with E-state index in [1.54, 1.807) is 12.1 Å². The molecular weight excluding hydrogens is 377 g/mol. The molecule has 0 spiro atoms. The number of nitrogens with one attached hydrogen (secondary N) is 1. The molecule has 0 bridgehead atoms. The molecule has 1 amide bonds. The summed E-state index contributed by atoms with van der Waals surface area (Å²) < 4.78 is 14.8. The average molecular weight is 397 g/mol. The fourth-order valence-electron chi connectivity index (χ4n) is 3.71. The van der Waals surface area contributed by atoms with Crippen molar-refractivity contribution in [1.82, 2.24) is 4.98 Å². The number of pyridine rings is 1. The molecule has 1 aliphatic carbocycles. The fourth-order valence-corrected chi connectivity index (χ4v) is 4.87. The highest BCUT2D eigenvalue weighted by molar-refractivity contribution is 8.17. The highest BCUT2D eigenvalue weighted by Gasteiger charge is 2.40. The Bertz CT molecular complexity index is 1020. The highest BCUT2D eigenvalue weighted by Crippen LogP contribution is 2.50. The Morgan fingerprint density at radius 2 is 2.07 bits per heavy atom. The number of carbonyl (C=O) groups is 1. The third kappa shape index (κ3) is 3.24. The summed E-state index contributed by atoms with van der Waals surface area (Å²) in [5.41, 5.74) is 13.4. The zero-order valence-electron chi connectivity index (χ0n) is 15.3. The first kappa shape index (κ1) is 18.5. The van der Waals surface area contributed by atoms with Crippen LogP contribution in [0.25, 0.3) is 0 Å². The summed E-state index contributed by atoms with van der Waals surface area (Å²) in [4.78, 5) is 22.2. The van der Waals surface area contributed by atoms with Crippen molar-refractivity contribution < 1.29 is 9.18 Å². The Kier molecular flexibility index (Phi) is 4.58.